The van der Waals surface area contributed by atoms with Crippen LogP contribution in [0.15, 0.2) is 18.2 Å². The van der Waals surface area contributed by atoms with Gasteiger partial charge in [-0.05, 0) is 63.3 Å². The summed E-state index contributed by atoms with van der Waals surface area (Å²) in [6.45, 7) is 8.96. The topological polar surface area (TPSA) is 42.0 Å². The van der Waals surface area contributed by atoms with Gasteiger partial charge >= 0.3 is 6.09 Å². The number of hydrogen-bond acceptors (Lipinski definition) is 4. The van der Waals surface area contributed by atoms with E-state index in [1.165, 1.54) is 24.0 Å². The van der Waals surface area contributed by atoms with Gasteiger partial charge in [-0.2, -0.15) is 0 Å². The molecule has 1 aromatic carbocycles. The Balaban J connectivity index is 1.65. The molecule has 0 aromatic heterocycles. The molecule has 0 spiro atoms. The lowest BCUT2D eigenvalue weighted by molar-refractivity contribution is 0.00926. The van der Waals surface area contributed by atoms with Crippen LogP contribution in [-0.2, 0) is 11.2 Å². The van der Waals surface area contributed by atoms with Crippen LogP contribution in [0.5, 0.6) is 5.75 Å². The number of methoxy groups -OCH3 is 1. The molecule has 1 aromatic rings. The van der Waals surface area contributed by atoms with Crippen molar-refractivity contribution in [1.82, 2.24) is 9.80 Å². The fourth-order valence-corrected chi connectivity index (χ4v) is 3.80. The maximum Gasteiger partial charge on any atom is 0.410 e. The molecule has 1 fully saturated rings. The fraction of sp³-hybridized carbons (Fsp3) is 0.650. The second-order valence-electron chi connectivity index (χ2n) is 7.98. The number of fused-ring (bicyclic) bond motifs is 1. The summed E-state index contributed by atoms with van der Waals surface area (Å²) in [5, 5.41) is 0. The number of aryl methyl sites for hydroxylation is 1. The number of amides is 1. The first-order chi connectivity index (χ1) is 11.9. The number of nitrogens with zero attached hydrogens (tertiary/aromatic N) is 2. The van der Waals surface area contributed by atoms with E-state index in [0.717, 1.165) is 38.3 Å². The molecule has 2 aliphatic rings. The Hall–Kier alpha value is -1.75. The Bertz CT molecular complexity index is 616. The maximum absolute atomic E-state index is 12.2. The molecule has 1 amide bonds. The molecule has 3 rings (SSSR count). The number of hydrogen-bond donors (Lipinski definition) is 0. The van der Waals surface area contributed by atoms with Crippen LogP contribution in [0, 0.1) is 0 Å². The zero-order valence-corrected chi connectivity index (χ0v) is 15.9. The number of piperazine rings is 1. The number of benzene rings is 1. The molecule has 1 heterocycles. The Morgan fingerprint density at radius 3 is 2.52 bits per heavy atom. The molecule has 25 heavy (non-hydrogen) atoms. The number of ether oxygens (including phenoxy) is 2. The second kappa shape index (κ2) is 7.24. The summed E-state index contributed by atoms with van der Waals surface area (Å²) < 4.78 is 10.9. The molecule has 1 aliphatic carbocycles. The van der Waals surface area contributed by atoms with E-state index >= 15 is 0 Å². The van der Waals surface area contributed by atoms with E-state index in [4.69, 9.17) is 9.47 Å². The standard InChI is InChI=1S/C20H30N2O3/c1-20(2,3)25-19(23)22-12-10-21(11-13-22)18-7-5-6-15-8-9-16(24-4)14-17(15)18/h8-9,14,18H,5-7,10-13H2,1-4H3/t18-/m1/s1. The normalized spacial score (nSPS) is 21.6. The van der Waals surface area contributed by atoms with Gasteiger partial charge in [0.25, 0.3) is 0 Å². The van der Waals surface area contributed by atoms with E-state index in [1.54, 1.807) is 7.11 Å². The number of carbonyl (C=O) groups excluding carboxylic acids is 1. The lowest BCUT2D eigenvalue weighted by Gasteiger charge is -2.41. The molecule has 0 radical (unpaired) electrons. The Kier molecular flexibility index (Phi) is 5.23. The van der Waals surface area contributed by atoms with Gasteiger partial charge in [-0.25, -0.2) is 4.79 Å². The van der Waals surface area contributed by atoms with Crippen molar-refractivity contribution in [2.24, 2.45) is 0 Å². The van der Waals surface area contributed by atoms with Gasteiger partial charge in [-0.15, -0.1) is 0 Å². The fourth-order valence-electron chi connectivity index (χ4n) is 3.80. The minimum absolute atomic E-state index is 0.196. The summed E-state index contributed by atoms with van der Waals surface area (Å²) in [7, 11) is 1.72. The van der Waals surface area contributed by atoms with Crippen molar-refractivity contribution in [3.63, 3.8) is 0 Å². The zero-order chi connectivity index (χ0) is 18.0. The minimum atomic E-state index is -0.437. The summed E-state index contributed by atoms with van der Waals surface area (Å²) in [6.07, 6.45) is 3.34. The van der Waals surface area contributed by atoms with Gasteiger partial charge in [0.15, 0.2) is 0 Å². The van der Waals surface area contributed by atoms with Crippen molar-refractivity contribution in [2.45, 2.75) is 51.7 Å². The Labute approximate surface area is 150 Å². The predicted molar refractivity (Wildman–Crippen MR) is 98.1 cm³/mol. The molecule has 0 saturated carbocycles. The summed E-state index contributed by atoms with van der Waals surface area (Å²) in [5.74, 6) is 0.929. The quantitative estimate of drug-likeness (QED) is 0.820. The van der Waals surface area contributed by atoms with Crippen molar-refractivity contribution < 1.29 is 14.3 Å². The van der Waals surface area contributed by atoms with Crippen LogP contribution in [0.2, 0.25) is 0 Å². The molecular weight excluding hydrogens is 316 g/mol. The van der Waals surface area contributed by atoms with Gasteiger partial charge in [-0.3, -0.25) is 4.90 Å². The molecule has 138 valence electrons. The first-order valence-corrected chi connectivity index (χ1v) is 9.26. The van der Waals surface area contributed by atoms with Crippen molar-refractivity contribution in [3.8, 4) is 5.75 Å². The molecule has 1 atom stereocenters. The third-order valence-electron chi connectivity index (χ3n) is 5.04. The lowest BCUT2D eigenvalue weighted by atomic mass is 9.86. The van der Waals surface area contributed by atoms with E-state index in [9.17, 15) is 4.79 Å². The van der Waals surface area contributed by atoms with Crippen LogP contribution in [0.4, 0.5) is 4.79 Å². The molecule has 0 bridgehead atoms. The highest BCUT2D eigenvalue weighted by atomic mass is 16.6. The summed E-state index contributed by atoms with van der Waals surface area (Å²) in [5.41, 5.74) is 2.40. The molecule has 5 nitrogen and oxygen atoms in total. The zero-order valence-electron chi connectivity index (χ0n) is 15.9. The first-order valence-electron chi connectivity index (χ1n) is 9.26. The van der Waals surface area contributed by atoms with Gasteiger partial charge in [0, 0.05) is 32.2 Å². The van der Waals surface area contributed by atoms with E-state index in [1.807, 2.05) is 25.7 Å². The second-order valence-corrected chi connectivity index (χ2v) is 7.98. The van der Waals surface area contributed by atoms with Gasteiger partial charge in [0.1, 0.15) is 11.4 Å². The van der Waals surface area contributed by atoms with E-state index in [2.05, 4.69) is 23.1 Å². The van der Waals surface area contributed by atoms with Crippen LogP contribution >= 0.6 is 0 Å². The molecule has 0 unspecified atom stereocenters. The van der Waals surface area contributed by atoms with Gasteiger partial charge in [0.2, 0.25) is 0 Å². The van der Waals surface area contributed by atoms with Crippen LogP contribution in [-0.4, -0.2) is 54.8 Å². The van der Waals surface area contributed by atoms with Gasteiger partial charge in [-0.1, -0.05) is 6.07 Å². The van der Waals surface area contributed by atoms with Crippen LogP contribution < -0.4 is 4.74 Å². The maximum atomic E-state index is 12.2. The highest BCUT2D eigenvalue weighted by molar-refractivity contribution is 5.68. The largest absolute Gasteiger partial charge is 0.497 e. The summed E-state index contributed by atoms with van der Waals surface area (Å²) in [6, 6.07) is 6.89. The predicted octanol–water partition coefficient (Wildman–Crippen LogP) is 3.63. The van der Waals surface area contributed by atoms with Crippen molar-refractivity contribution in [1.29, 1.82) is 0 Å². The first kappa shape index (κ1) is 18.1. The van der Waals surface area contributed by atoms with E-state index in [-0.39, 0.29) is 6.09 Å². The number of rotatable bonds is 2. The van der Waals surface area contributed by atoms with Gasteiger partial charge < -0.3 is 14.4 Å². The summed E-state index contributed by atoms with van der Waals surface area (Å²) in [4.78, 5) is 16.6. The monoisotopic (exact) mass is 346 g/mol. The number of carbonyl (C=O) groups is 1. The van der Waals surface area contributed by atoms with E-state index < -0.39 is 5.60 Å². The average Bonchev–Trinajstić information content (AvgIpc) is 2.59. The average molecular weight is 346 g/mol. The highest BCUT2D eigenvalue weighted by Gasteiger charge is 2.31. The van der Waals surface area contributed by atoms with Crippen molar-refractivity contribution in [3.05, 3.63) is 29.3 Å². The van der Waals surface area contributed by atoms with Crippen LogP contribution in [0.1, 0.15) is 50.8 Å². The van der Waals surface area contributed by atoms with Crippen LogP contribution in [0.3, 0.4) is 0 Å². The molecule has 1 aliphatic heterocycles. The lowest BCUT2D eigenvalue weighted by Crippen LogP contribution is -2.51. The third-order valence-corrected chi connectivity index (χ3v) is 5.04. The van der Waals surface area contributed by atoms with Crippen molar-refractivity contribution >= 4 is 6.09 Å². The van der Waals surface area contributed by atoms with Crippen molar-refractivity contribution in [2.75, 3.05) is 33.3 Å². The van der Waals surface area contributed by atoms with Gasteiger partial charge in [0.05, 0.1) is 7.11 Å². The Morgan fingerprint density at radius 2 is 1.88 bits per heavy atom. The minimum Gasteiger partial charge on any atom is -0.497 e. The molecule has 0 N–H and O–H groups in total. The third kappa shape index (κ3) is 4.27. The van der Waals surface area contributed by atoms with E-state index in [0.29, 0.717) is 6.04 Å². The smallest absolute Gasteiger partial charge is 0.410 e. The molecule has 1 saturated heterocycles. The Morgan fingerprint density at radius 1 is 1.16 bits per heavy atom. The summed E-state index contributed by atoms with van der Waals surface area (Å²) >= 11 is 0. The highest BCUT2D eigenvalue weighted by Crippen LogP contribution is 2.36. The molecule has 5 heteroatoms. The SMILES string of the molecule is COc1ccc2c(c1)[C@H](N1CCN(C(=O)OC(C)(C)C)CC1)CCC2. The van der Waals surface area contributed by atoms with Crippen LogP contribution in [0.25, 0.3) is 0 Å². The molecular formula is C20H30N2O3.